The molecule has 0 aromatic rings. The van der Waals surface area contributed by atoms with Crippen molar-refractivity contribution in [1.29, 1.82) is 0 Å². The number of hydrogen-bond acceptors (Lipinski definition) is 6. The lowest BCUT2D eigenvalue weighted by Gasteiger charge is -2.16. The number of amides is 1. The van der Waals surface area contributed by atoms with Crippen LogP contribution in [0, 0.1) is 0 Å². The van der Waals surface area contributed by atoms with Gasteiger partial charge in [-0.2, -0.15) is 0 Å². The van der Waals surface area contributed by atoms with Gasteiger partial charge in [-0.3, -0.25) is 19.5 Å². The number of carbonyl (C=O) groups is 3. The van der Waals surface area contributed by atoms with Gasteiger partial charge < -0.3 is 21.5 Å². The molecule has 0 saturated carbocycles. The summed E-state index contributed by atoms with van der Waals surface area (Å²) in [5.74, 6) is -1.92. The second-order valence-corrected chi connectivity index (χ2v) is 4.32. The summed E-state index contributed by atoms with van der Waals surface area (Å²) in [5.41, 5.74) is 9.18. The summed E-state index contributed by atoms with van der Waals surface area (Å²) in [4.78, 5) is 41.3. The van der Waals surface area contributed by atoms with Gasteiger partial charge in [0.25, 0.3) is 0 Å². The summed E-state index contributed by atoms with van der Waals surface area (Å²) in [7, 11) is -2.29. The SMILES string of the molecule is NCC(=O)P(O)N[C@H](CCC(N)=O)C(=O)O. The second kappa shape index (κ2) is 7.24. The third kappa shape index (κ3) is 5.72. The van der Waals surface area contributed by atoms with Crippen LogP contribution in [0.4, 0.5) is 0 Å². The summed E-state index contributed by atoms with van der Waals surface area (Å²) < 4.78 is 0. The van der Waals surface area contributed by atoms with E-state index in [0.29, 0.717) is 0 Å². The lowest BCUT2D eigenvalue weighted by atomic mass is 10.2. The zero-order chi connectivity index (χ0) is 12.7. The highest BCUT2D eigenvalue weighted by atomic mass is 31.2. The van der Waals surface area contributed by atoms with Gasteiger partial charge in [0, 0.05) is 6.42 Å². The quantitative estimate of drug-likeness (QED) is 0.315. The number of carboxylic acids is 1. The Kier molecular flexibility index (Phi) is 6.75. The Balaban J connectivity index is 4.28. The van der Waals surface area contributed by atoms with Crippen molar-refractivity contribution >= 4 is 25.7 Å². The molecule has 0 aromatic carbocycles. The van der Waals surface area contributed by atoms with E-state index in [1.807, 2.05) is 0 Å². The fourth-order valence-corrected chi connectivity index (χ4v) is 1.69. The van der Waals surface area contributed by atoms with Gasteiger partial charge in [0.15, 0.2) is 8.30 Å². The molecule has 0 radical (unpaired) electrons. The molecule has 1 amide bonds. The molecule has 0 fully saturated rings. The smallest absolute Gasteiger partial charge is 0.321 e. The van der Waals surface area contributed by atoms with Crippen LogP contribution < -0.4 is 16.6 Å². The topological polar surface area (TPSA) is 156 Å². The molecule has 0 heterocycles. The minimum Gasteiger partial charge on any atom is -0.480 e. The highest BCUT2D eigenvalue weighted by Gasteiger charge is 2.24. The van der Waals surface area contributed by atoms with Gasteiger partial charge in [-0.1, -0.05) is 0 Å². The number of nitrogens with one attached hydrogen (secondary N) is 1. The lowest BCUT2D eigenvalue weighted by Crippen LogP contribution is -2.36. The van der Waals surface area contributed by atoms with Crippen LogP contribution in [0.3, 0.4) is 0 Å². The summed E-state index contributed by atoms with van der Waals surface area (Å²) >= 11 is 0. The van der Waals surface area contributed by atoms with Gasteiger partial charge in [0.2, 0.25) is 11.4 Å². The summed E-state index contributed by atoms with van der Waals surface area (Å²) in [6, 6.07) is -1.20. The largest absolute Gasteiger partial charge is 0.480 e. The molecule has 8 nitrogen and oxygen atoms in total. The molecule has 0 aromatic heterocycles. The molecule has 0 saturated heterocycles. The average Bonchev–Trinajstić information content (AvgIpc) is 2.21. The van der Waals surface area contributed by atoms with Crippen LogP contribution in [0.2, 0.25) is 0 Å². The molecule has 92 valence electrons. The maximum atomic E-state index is 10.9. The van der Waals surface area contributed by atoms with Gasteiger partial charge in [-0.05, 0) is 6.42 Å². The monoisotopic (exact) mass is 251 g/mol. The molecule has 0 spiro atoms. The van der Waals surface area contributed by atoms with Crippen molar-refractivity contribution < 1.29 is 24.4 Å². The molecule has 2 atom stereocenters. The maximum absolute atomic E-state index is 10.9. The van der Waals surface area contributed by atoms with Gasteiger partial charge in [0.05, 0.1) is 6.54 Å². The van der Waals surface area contributed by atoms with Crippen LogP contribution in [-0.4, -0.2) is 40.0 Å². The Morgan fingerprint density at radius 2 is 1.94 bits per heavy atom. The second-order valence-electron chi connectivity index (χ2n) is 2.93. The number of nitrogens with two attached hydrogens (primary N) is 2. The molecule has 9 heteroatoms. The van der Waals surface area contributed by atoms with Gasteiger partial charge in [0.1, 0.15) is 6.04 Å². The third-order valence-electron chi connectivity index (χ3n) is 1.67. The van der Waals surface area contributed by atoms with Crippen molar-refractivity contribution in [2.45, 2.75) is 18.9 Å². The van der Waals surface area contributed by atoms with Crippen LogP contribution >= 0.6 is 8.30 Å². The standard InChI is InChI=1S/C7H14N3O5P/c8-3-6(12)16(15)10-4(7(13)14)1-2-5(9)11/h4,10,15H,1-3,8H2,(H2,9,11)(H,13,14)/t4-,16?/m1/s1. The maximum Gasteiger partial charge on any atom is 0.321 e. The minimum absolute atomic E-state index is 0.0953. The van der Waals surface area contributed by atoms with Crippen molar-refractivity contribution in [3.8, 4) is 0 Å². The predicted octanol–water partition coefficient (Wildman–Crippen LogP) is -1.92. The van der Waals surface area contributed by atoms with Gasteiger partial charge in [-0.15, -0.1) is 0 Å². The first-order chi connectivity index (χ1) is 7.38. The Morgan fingerprint density at radius 1 is 1.38 bits per heavy atom. The molecule has 7 N–H and O–H groups in total. The molecule has 0 aliphatic carbocycles. The first-order valence-corrected chi connectivity index (χ1v) is 5.67. The molecule has 0 aliphatic rings. The first-order valence-electron chi connectivity index (χ1n) is 4.37. The fraction of sp³-hybridized carbons (Fsp3) is 0.571. The van der Waals surface area contributed by atoms with E-state index in [1.54, 1.807) is 0 Å². The van der Waals surface area contributed by atoms with Gasteiger partial charge in [-0.25, -0.2) is 0 Å². The number of aliphatic carboxylic acids is 1. The van der Waals surface area contributed by atoms with E-state index in [1.165, 1.54) is 0 Å². The van der Waals surface area contributed by atoms with Crippen molar-refractivity contribution in [1.82, 2.24) is 5.09 Å². The van der Waals surface area contributed by atoms with E-state index >= 15 is 0 Å². The van der Waals surface area contributed by atoms with E-state index < -0.39 is 31.7 Å². The zero-order valence-corrected chi connectivity index (χ0v) is 9.31. The van der Waals surface area contributed by atoms with Crippen LogP contribution in [0.5, 0.6) is 0 Å². The van der Waals surface area contributed by atoms with Crippen LogP contribution in [-0.2, 0) is 14.4 Å². The van der Waals surface area contributed by atoms with E-state index in [4.69, 9.17) is 16.6 Å². The van der Waals surface area contributed by atoms with E-state index in [2.05, 4.69) is 5.09 Å². The van der Waals surface area contributed by atoms with E-state index in [9.17, 15) is 19.3 Å². The zero-order valence-electron chi connectivity index (χ0n) is 8.42. The number of hydrogen-bond donors (Lipinski definition) is 5. The Hall–Kier alpha value is -1.08. The van der Waals surface area contributed by atoms with Crippen molar-refractivity contribution in [3.63, 3.8) is 0 Å². The fourth-order valence-electron chi connectivity index (χ4n) is 0.836. The van der Waals surface area contributed by atoms with Crippen LogP contribution in [0.25, 0.3) is 0 Å². The third-order valence-corrected chi connectivity index (χ3v) is 2.88. The van der Waals surface area contributed by atoms with Gasteiger partial charge >= 0.3 is 5.97 Å². The molecule has 0 bridgehead atoms. The lowest BCUT2D eigenvalue weighted by molar-refractivity contribution is -0.139. The number of rotatable bonds is 8. The average molecular weight is 251 g/mol. The highest BCUT2D eigenvalue weighted by Crippen LogP contribution is 2.26. The van der Waals surface area contributed by atoms with Crippen molar-refractivity contribution in [2.75, 3.05) is 6.54 Å². The normalized spacial score (nSPS) is 14.1. The number of primary amides is 1. The van der Waals surface area contributed by atoms with Crippen LogP contribution in [0.15, 0.2) is 0 Å². The molecular weight excluding hydrogens is 237 g/mol. The highest BCUT2D eigenvalue weighted by molar-refractivity contribution is 7.67. The Bertz CT molecular complexity index is 285. The molecule has 1 unspecified atom stereocenters. The molecule has 0 aliphatic heterocycles. The predicted molar refractivity (Wildman–Crippen MR) is 56.2 cm³/mol. The summed E-state index contributed by atoms with van der Waals surface area (Å²) in [6.07, 6.45) is -0.244. The van der Waals surface area contributed by atoms with Crippen LogP contribution in [0.1, 0.15) is 12.8 Å². The van der Waals surface area contributed by atoms with Crippen molar-refractivity contribution in [2.24, 2.45) is 11.5 Å². The van der Waals surface area contributed by atoms with E-state index in [-0.39, 0.29) is 19.4 Å². The minimum atomic E-state index is -2.29. The summed E-state index contributed by atoms with van der Waals surface area (Å²) in [5, 5.41) is 10.9. The summed E-state index contributed by atoms with van der Waals surface area (Å²) in [6.45, 7) is -0.378. The Morgan fingerprint density at radius 3 is 2.31 bits per heavy atom. The number of carboxylic acid groups (broad SMARTS) is 1. The Labute approximate surface area is 92.9 Å². The first kappa shape index (κ1) is 14.9. The molecular formula is C7H14N3O5P. The molecule has 0 rings (SSSR count). The molecule has 16 heavy (non-hydrogen) atoms. The number of carbonyl (C=O) groups excluding carboxylic acids is 2. The van der Waals surface area contributed by atoms with E-state index in [0.717, 1.165) is 0 Å². The van der Waals surface area contributed by atoms with Crippen molar-refractivity contribution in [3.05, 3.63) is 0 Å².